The summed E-state index contributed by atoms with van der Waals surface area (Å²) < 4.78 is 15.1. The maximum Gasteiger partial charge on any atom is 0.142 e. The van der Waals surface area contributed by atoms with Crippen LogP contribution in [0.3, 0.4) is 0 Å². The van der Waals surface area contributed by atoms with Gasteiger partial charge in [0.15, 0.2) is 0 Å². The van der Waals surface area contributed by atoms with Crippen LogP contribution in [0.15, 0.2) is 30.9 Å². The molecule has 2 rings (SSSR count). The van der Waals surface area contributed by atoms with Crippen molar-refractivity contribution < 1.29 is 9.50 Å². The first kappa shape index (κ1) is 15.9. The molecule has 2 unspecified atom stereocenters. The number of halogens is 2. The molecule has 5 nitrogen and oxygen atoms in total. The number of aliphatic hydroxyl groups is 1. The number of aliphatic hydroxyl groups excluding tert-OH is 1. The first-order valence-electron chi connectivity index (χ1n) is 6.75. The fourth-order valence-electron chi connectivity index (χ4n) is 1.93. The minimum Gasteiger partial charge on any atom is -0.387 e. The van der Waals surface area contributed by atoms with Crippen LogP contribution in [0.5, 0.6) is 0 Å². The average Bonchev–Trinajstić information content (AvgIpc) is 2.98. The first-order valence-corrected chi connectivity index (χ1v) is 7.13. The van der Waals surface area contributed by atoms with E-state index in [4.69, 9.17) is 11.6 Å². The average molecular weight is 313 g/mol. The summed E-state index contributed by atoms with van der Waals surface area (Å²) in [6.45, 7) is 3.12. The molecule has 1 heterocycles. The number of benzene rings is 1. The molecular formula is C14H18ClFN4O. The molecule has 0 fully saturated rings. The summed E-state index contributed by atoms with van der Waals surface area (Å²) in [4.78, 5) is 3.87. The van der Waals surface area contributed by atoms with Crippen LogP contribution in [0.2, 0.25) is 5.02 Å². The smallest absolute Gasteiger partial charge is 0.142 e. The highest BCUT2D eigenvalue weighted by molar-refractivity contribution is 6.30. The third-order valence-corrected chi connectivity index (χ3v) is 3.55. The Morgan fingerprint density at radius 3 is 2.95 bits per heavy atom. The van der Waals surface area contributed by atoms with Gasteiger partial charge in [-0.2, -0.15) is 5.10 Å². The van der Waals surface area contributed by atoms with Crippen LogP contribution >= 0.6 is 11.6 Å². The molecule has 2 aromatic rings. The maximum atomic E-state index is 13.3. The summed E-state index contributed by atoms with van der Waals surface area (Å²) in [7, 11) is 0. The van der Waals surface area contributed by atoms with Crippen LogP contribution in [0.4, 0.5) is 4.39 Å². The topological polar surface area (TPSA) is 63.0 Å². The van der Waals surface area contributed by atoms with Crippen molar-refractivity contribution in [2.24, 2.45) is 0 Å². The Kier molecular flexibility index (Phi) is 5.67. The Bertz CT molecular complexity index is 564. The Labute approximate surface area is 127 Å². The molecule has 21 heavy (non-hydrogen) atoms. The van der Waals surface area contributed by atoms with Gasteiger partial charge in [-0.05, 0) is 31.0 Å². The summed E-state index contributed by atoms with van der Waals surface area (Å²) in [5, 5.41) is 17.3. The quantitative estimate of drug-likeness (QED) is 0.822. The molecule has 0 amide bonds. The first-order chi connectivity index (χ1) is 10.1. The van der Waals surface area contributed by atoms with E-state index in [2.05, 4.69) is 15.4 Å². The molecule has 0 saturated carbocycles. The highest BCUT2D eigenvalue weighted by atomic mass is 35.5. The summed E-state index contributed by atoms with van der Waals surface area (Å²) >= 11 is 5.62. The predicted octanol–water partition coefficient (Wildman–Crippen LogP) is 2.17. The summed E-state index contributed by atoms with van der Waals surface area (Å²) in [6, 6.07) is 4.52. The van der Waals surface area contributed by atoms with Gasteiger partial charge < -0.3 is 10.4 Å². The van der Waals surface area contributed by atoms with Crippen LogP contribution in [-0.2, 0) is 6.54 Å². The van der Waals surface area contributed by atoms with E-state index in [1.54, 1.807) is 17.1 Å². The molecule has 0 saturated heterocycles. The predicted molar refractivity (Wildman–Crippen MR) is 78.5 cm³/mol. The largest absolute Gasteiger partial charge is 0.387 e. The molecule has 0 radical (unpaired) electrons. The van der Waals surface area contributed by atoms with Crippen molar-refractivity contribution in [2.45, 2.75) is 32.0 Å². The summed E-state index contributed by atoms with van der Waals surface area (Å²) in [6.07, 6.45) is 3.24. The standard InChI is InChI=1S/C14H18ClFN4O/c1-10(4-5-20-9-17-8-19-20)18-7-14(21)11-2-3-12(15)13(16)6-11/h2-3,6,8-10,14,18,21H,4-5,7H2,1H3. The van der Waals surface area contributed by atoms with E-state index in [9.17, 15) is 9.50 Å². The molecule has 0 aliphatic carbocycles. The molecule has 2 atom stereocenters. The van der Waals surface area contributed by atoms with Gasteiger partial charge in [0.25, 0.3) is 0 Å². The number of hydrogen-bond donors (Lipinski definition) is 2. The second-order valence-electron chi connectivity index (χ2n) is 4.95. The maximum absolute atomic E-state index is 13.3. The van der Waals surface area contributed by atoms with Gasteiger partial charge in [0.1, 0.15) is 18.5 Å². The molecule has 0 aliphatic rings. The number of hydrogen-bond acceptors (Lipinski definition) is 4. The van der Waals surface area contributed by atoms with Crippen molar-refractivity contribution >= 4 is 11.6 Å². The van der Waals surface area contributed by atoms with E-state index in [0.29, 0.717) is 12.1 Å². The molecule has 7 heteroatoms. The Hall–Kier alpha value is -1.50. The number of nitrogens with one attached hydrogen (secondary N) is 1. The molecule has 1 aromatic heterocycles. The highest BCUT2D eigenvalue weighted by Gasteiger charge is 2.11. The third-order valence-electron chi connectivity index (χ3n) is 3.25. The lowest BCUT2D eigenvalue weighted by molar-refractivity contribution is 0.169. The van der Waals surface area contributed by atoms with Crippen molar-refractivity contribution in [1.82, 2.24) is 20.1 Å². The van der Waals surface area contributed by atoms with E-state index in [0.717, 1.165) is 13.0 Å². The van der Waals surface area contributed by atoms with Gasteiger partial charge in [-0.3, -0.25) is 4.68 Å². The van der Waals surface area contributed by atoms with Gasteiger partial charge >= 0.3 is 0 Å². The van der Waals surface area contributed by atoms with Crippen molar-refractivity contribution in [2.75, 3.05) is 6.54 Å². The Morgan fingerprint density at radius 2 is 2.29 bits per heavy atom. The monoisotopic (exact) mass is 312 g/mol. The fraction of sp³-hybridized carbons (Fsp3) is 0.429. The Balaban J connectivity index is 1.77. The number of aryl methyl sites for hydroxylation is 1. The van der Waals surface area contributed by atoms with Crippen LogP contribution in [0.25, 0.3) is 0 Å². The molecular weight excluding hydrogens is 295 g/mol. The summed E-state index contributed by atoms with van der Waals surface area (Å²) in [5.74, 6) is -0.521. The number of rotatable bonds is 7. The lowest BCUT2D eigenvalue weighted by Crippen LogP contribution is -2.31. The van der Waals surface area contributed by atoms with E-state index in [1.807, 2.05) is 6.92 Å². The van der Waals surface area contributed by atoms with Crippen LogP contribution in [0.1, 0.15) is 25.0 Å². The van der Waals surface area contributed by atoms with Crippen molar-refractivity contribution in [1.29, 1.82) is 0 Å². The van der Waals surface area contributed by atoms with Gasteiger partial charge in [0.05, 0.1) is 11.1 Å². The van der Waals surface area contributed by atoms with Crippen LogP contribution in [-0.4, -0.2) is 32.5 Å². The van der Waals surface area contributed by atoms with Gasteiger partial charge in [-0.15, -0.1) is 0 Å². The van der Waals surface area contributed by atoms with Gasteiger partial charge in [0.2, 0.25) is 0 Å². The second-order valence-corrected chi connectivity index (χ2v) is 5.35. The number of nitrogens with zero attached hydrogens (tertiary/aromatic N) is 3. The van der Waals surface area contributed by atoms with Crippen molar-refractivity contribution in [3.8, 4) is 0 Å². The van der Waals surface area contributed by atoms with E-state index in [1.165, 1.54) is 18.5 Å². The number of aromatic nitrogens is 3. The van der Waals surface area contributed by atoms with E-state index < -0.39 is 11.9 Å². The molecule has 0 aliphatic heterocycles. The molecule has 114 valence electrons. The minimum absolute atomic E-state index is 0.0557. The molecule has 2 N–H and O–H groups in total. The SMILES string of the molecule is CC(CCn1cncn1)NCC(O)c1ccc(Cl)c(F)c1. The summed E-state index contributed by atoms with van der Waals surface area (Å²) in [5.41, 5.74) is 0.507. The van der Waals surface area contributed by atoms with Crippen molar-refractivity contribution in [3.05, 3.63) is 47.3 Å². The normalized spacial score (nSPS) is 14.1. The third kappa shape index (κ3) is 4.77. The fourth-order valence-corrected chi connectivity index (χ4v) is 2.04. The lowest BCUT2D eigenvalue weighted by Gasteiger charge is -2.17. The molecule has 0 bridgehead atoms. The zero-order valence-corrected chi connectivity index (χ0v) is 12.5. The molecule has 1 aromatic carbocycles. The highest BCUT2D eigenvalue weighted by Crippen LogP contribution is 2.20. The Morgan fingerprint density at radius 1 is 1.48 bits per heavy atom. The lowest BCUT2D eigenvalue weighted by atomic mass is 10.1. The van der Waals surface area contributed by atoms with Gasteiger partial charge in [0, 0.05) is 19.1 Å². The zero-order valence-electron chi connectivity index (χ0n) is 11.7. The van der Waals surface area contributed by atoms with Crippen LogP contribution in [0, 0.1) is 5.82 Å². The van der Waals surface area contributed by atoms with Gasteiger partial charge in [-0.1, -0.05) is 17.7 Å². The van der Waals surface area contributed by atoms with Crippen LogP contribution < -0.4 is 5.32 Å². The second kappa shape index (κ2) is 7.49. The zero-order chi connectivity index (χ0) is 15.2. The van der Waals surface area contributed by atoms with Crippen molar-refractivity contribution in [3.63, 3.8) is 0 Å². The van der Waals surface area contributed by atoms with Gasteiger partial charge in [-0.25, -0.2) is 9.37 Å². The minimum atomic E-state index is -0.773. The molecule has 0 spiro atoms. The van der Waals surface area contributed by atoms with E-state index >= 15 is 0 Å². The van der Waals surface area contributed by atoms with E-state index in [-0.39, 0.29) is 11.1 Å².